The molecule has 28 heavy (non-hydrogen) atoms. The Hall–Kier alpha value is -2.07. The lowest BCUT2D eigenvalue weighted by Gasteiger charge is -2.08. The minimum Gasteiger partial charge on any atom is -0.484 e. The quantitative estimate of drug-likeness (QED) is 0.409. The molecule has 3 aromatic heterocycles. The molecule has 0 fully saturated rings. The lowest BCUT2D eigenvalue weighted by atomic mass is 10.3. The van der Waals surface area contributed by atoms with Crippen LogP contribution < -0.4 is 10.3 Å². The van der Waals surface area contributed by atoms with Crippen molar-refractivity contribution < 1.29 is 4.74 Å². The number of thioether (sulfide) groups is 1. The molecule has 0 aliphatic carbocycles. The fourth-order valence-electron chi connectivity index (χ4n) is 2.43. The molecule has 7 nitrogen and oxygen atoms in total. The average Bonchev–Trinajstić information content (AvgIpc) is 3.28. The number of ether oxygens (including phenoxy) is 1. The fourth-order valence-corrected chi connectivity index (χ4v) is 4.32. The van der Waals surface area contributed by atoms with Crippen molar-refractivity contribution in [2.75, 3.05) is 0 Å². The molecule has 0 radical (unpaired) electrons. The normalized spacial score (nSPS) is 11.2. The van der Waals surface area contributed by atoms with E-state index < -0.39 is 0 Å². The highest BCUT2D eigenvalue weighted by Crippen LogP contribution is 2.28. The first-order valence-corrected chi connectivity index (χ1v) is 10.7. The molecule has 11 heteroatoms. The van der Waals surface area contributed by atoms with E-state index in [4.69, 9.17) is 27.9 Å². The van der Waals surface area contributed by atoms with Crippen LogP contribution in [0.15, 0.2) is 45.8 Å². The summed E-state index contributed by atoms with van der Waals surface area (Å²) in [5.74, 6) is 1.64. The van der Waals surface area contributed by atoms with Crippen LogP contribution in [-0.4, -0.2) is 24.1 Å². The summed E-state index contributed by atoms with van der Waals surface area (Å²) in [5.41, 5.74) is 0.608. The summed E-state index contributed by atoms with van der Waals surface area (Å²) in [6.45, 7) is 0.199. The van der Waals surface area contributed by atoms with Crippen LogP contribution in [-0.2, 0) is 19.4 Å². The first-order chi connectivity index (χ1) is 13.5. The van der Waals surface area contributed by atoms with Gasteiger partial charge in [0.15, 0.2) is 15.9 Å². The van der Waals surface area contributed by atoms with Gasteiger partial charge in [-0.2, -0.15) is 0 Å². The summed E-state index contributed by atoms with van der Waals surface area (Å²) >= 11 is 14.9. The van der Waals surface area contributed by atoms with Crippen molar-refractivity contribution >= 4 is 51.3 Å². The van der Waals surface area contributed by atoms with Gasteiger partial charge < -0.3 is 9.30 Å². The third-order valence-electron chi connectivity index (χ3n) is 3.88. The third-order valence-corrected chi connectivity index (χ3v) is 6.24. The highest BCUT2D eigenvalue weighted by Gasteiger charge is 2.12. The van der Waals surface area contributed by atoms with Crippen LogP contribution in [0.2, 0.25) is 10.0 Å². The number of fused-ring (bicyclic) bond motifs is 1. The molecule has 0 unspecified atom stereocenters. The van der Waals surface area contributed by atoms with Crippen LogP contribution in [0, 0.1) is 0 Å². The van der Waals surface area contributed by atoms with E-state index in [9.17, 15) is 4.79 Å². The first kappa shape index (κ1) is 19.3. The van der Waals surface area contributed by atoms with Crippen molar-refractivity contribution in [3.8, 4) is 5.75 Å². The van der Waals surface area contributed by atoms with Gasteiger partial charge in [0, 0.05) is 41.5 Å². The molecule has 0 aliphatic heterocycles. The van der Waals surface area contributed by atoms with E-state index in [2.05, 4.69) is 15.2 Å². The summed E-state index contributed by atoms with van der Waals surface area (Å²) in [6, 6.07) is 6.56. The van der Waals surface area contributed by atoms with E-state index in [1.54, 1.807) is 24.4 Å². The van der Waals surface area contributed by atoms with Gasteiger partial charge in [0.05, 0.1) is 10.7 Å². The molecule has 144 valence electrons. The van der Waals surface area contributed by atoms with Gasteiger partial charge in [-0.25, -0.2) is 4.98 Å². The van der Waals surface area contributed by atoms with E-state index in [-0.39, 0.29) is 12.2 Å². The van der Waals surface area contributed by atoms with Gasteiger partial charge in [0.25, 0.3) is 5.56 Å². The van der Waals surface area contributed by atoms with Gasteiger partial charge >= 0.3 is 0 Å². The monoisotopic (exact) mass is 453 g/mol. The summed E-state index contributed by atoms with van der Waals surface area (Å²) in [4.78, 5) is 17.2. The summed E-state index contributed by atoms with van der Waals surface area (Å²) in [7, 11) is 1.85. The Morgan fingerprint density at radius 2 is 2.11 bits per heavy atom. The number of rotatable bonds is 6. The van der Waals surface area contributed by atoms with Crippen molar-refractivity contribution in [3.05, 3.63) is 67.8 Å². The van der Waals surface area contributed by atoms with Crippen molar-refractivity contribution in [3.63, 3.8) is 0 Å². The molecule has 1 aromatic carbocycles. The first-order valence-electron chi connectivity index (χ1n) is 8.06. The van der Waals surface area contributed by atoms with Crippen LogP contribution in [0.4, 0.5) is 0 Å². The zero-order chi connectivity index (χ0) is 19.7. The van der Waals surface area contributed by atoms with Crippen LogP contribution in [0.3, 0.4) is 0 Å². The third kappa shape index (κ3) is 4.02. The molecule has 0 amide bonds. The van der Waals surface area contributed by atoms with E-state index in [1.165, 1.54) is 33.6 Å². The van der Waals surface area contributed by atoms with Crippen LogP contribution in [0.5, 0.6) is 5.75 Å². The second-order valence-electron chi connectivity index (χ2n) is 5.75. The Morgan fingerprint density at radius 1 is 1.25 bits per heavy atom. The second kappa shape index (κ2) is 8.12. The van der Waals surface area contributed by atoms with E-state index in [1.807, 2.05) is 17.0 Å². The summed E-state index contributed by atoms with van der Waals surface area (Å²) in [6.07, 6.45) is 1.72. The molecular weight excluding hydrogens is 441 g/mol. The molecule has 4 rings (SSSR count). The van der Waals surface area contributed by atoms with Gasteiger partial charge in [-0.1, -0.05) is 35.0 Å². The maximum Gasteiger partial charge on any atom is 0.258 e. The summed E-state index contributed by atoms with van der Waals surface area (Å²) in [5, 5.41) is 11.9. The molecule has 0 atom stereocenters. The van der Waals surface area contributed by atoms with Gasteiger partial charge in [0.2, 0.25) is 0 Å². The highest BCUT2D eigenvalue weighted by atomic mass is 35.5. The molecular formula is C17H13Cl2N5O2S2. The molecule has 0 aliphatic rings. The molecule has 0 N–H and O–H groups in total. The predicted molar refractivity (Wildman–Crippen MR) is 111 cm³/mol. The van der Waals surface area contributed by atoms with Crippen LogP contribution >= 0.6 is 46.3 Å². The smallest absolute Gasteiger partial charge is 0.258 e. The Kier molecular flexibility index (Phi) is 5.58. The molecule has 3 heterocycles. The average molecular weight is 454 g/mol. The van der Waals surface area contributed by atoms with Crippen LogP contribution in [0.1, 0.15) is 11.5 Å². The Bertz CT molecular complexity index is 1200. The number of nitrogens with zero attached hydrogens (tertiary/aromatic N) is 5. The highest BCUT2D eigenvalue weighted by molar-refractivity contribution is 7.98. The van der Waals surface area contributed by atoms with Crippen molar-refractivity contribution in [1.29, 1.82) is 0 Å². The number of aromatic nitrogens is 5. The lowest BCUT2D eigenvalue weighted by molar-refractivity contribution is 0.290. The fraction of sp³-hybridized carbons (Fsp3) is 0.176. The second-order valence-corrected chi connectivity index (χ2v) is 8.41. The van der Waals surface area contributed by atoms with Crippen molar-refractivity contribution in [2.45, 2.75) is 17.5 Å². The molecule has 4 aromatic rings. The van der Waals surface area contributed by atoms with Gasteiger partial charge in [0.1, 0.15) is 12.4 Å². The summed E-state index contributed by atoms with van der Waals surface area (Å²) < 4.78 is 9.07. The van der Waals surface area contributed by atoms with Crippen molar-refractivity contribution in [1.82, 2.24) is 24.1 Å². The maximum absolute atomic E-state index is 12.1. The minimum absolute atomic E-state index is 0.0905. The topological polar surface area (TPSA) is 74.3 Å². The zero-order valence-corrected chi connectivity index (χ0v) is 17.6. The zero-order valence-electron chi connectivity index (χ0n) is 14.5. The molecule has 0 saturated heterocycles. The molecule has 0 bridgehead atoms. The number of halogens is 2. The van der Waals surface area contributed by atoms with E-state index in [0.29, 0.717) is 43.2 Å². The number of benzene rings is 1. The van der Waals surface area contributed by atoms with Gasteiger partial charge in [-0.15, -0.1) is 21.5 Å². The van der Waals surface area contributed by atoms with Crippen LogP contribution in [0.25, 0.3) is 4.96 Å². The van der Waals surface area contributed by atoms with Gasteiger partial charge in [-0.05, 0) is 12.1 Å². The lowest BCUT2D eigenvalue weighted by Crippen LogP contribution is -2.12. The number of thiazole rings is 1. The molecule has 0 spiro atoms. The molecule has 0 saturated carbocycles. The minimum atomic E-state index is -0.0905. The van der Waals surface area contributed by atoms with Gasteiger partial charge in [-0.3, -0.25) is 9.20 Å². The number of hydrogen-bond donors (Lipinski definition) is 0. The number of hydrogen-bond acceptors (Lipinski definition) is 7. The SMILES string of the molecule is Cn1c(COc2cc(Cl)ccc2Cl)nnc1SCc1cc(=O)n2ccsc2n1. The predicted octanol–water partition coefficient (Wildman–Crippen LogP) is 4.06. The Balaban J connectivity index is 1.44. The Labute approximate surface area is 177 Å². The Morgan fingerprint density at radius 3 is 2.96 bits per heavy atom. The van der Waals surface area contributed by atoms with Crippen molar-refractivity contribution in [2.24, 2.45) is 7.05 Å². The maximum atomic E-state index is 12.1. The van der Waals surface area contributed by atoms with E-state index in [0.717, 1.165) is 0 Å². The standard InChI is InChI=1S/C17H13Cl2N5O2S2/c1-23-14(8-26-13-6-10(18)2-3-12(13)19)21-22-17(23)28-9-11-7-15(25)24-4-5-27-16(24)20-11/h2-7H,8-9H2,1H3. The van der Waals surface area contributed by atoms with E-state index >= 15 is 0 Å². The largest absolute Gasteiger partial charge is 0.484 e.